The van der Waals surface area contributed by atoms with Crippen LogP contribution >= 0.6 is 0 Å². The van der Waals surface area contributed by atoms with E-state index in [0.29, 0.717) is 12.0 Å². The standard InChI is InChI=1S/C17H28N2O/c1-5-16(6-2)19-17(20)14(4)18-12-13(3)15-10-8-7-9-11-15/h7-11,13-14,16,18H,5-6,12H2,1-4H3,(H,19,20). The number of rotatable bonds is 8. The number of hydrogen-bond acceptors (Lipinski definition) is 2. The average molecular weight is 276 g/mol. The van der Waals surface area contributed by atoms with Gasteiger partial charge in [0.15, 0.2) is 0 Å². The molecular weight excluding hydrogens is 248 g/mol. The van der Waals surface area contributed by atoms with Crippen LogP contribution in [0.15, 0.2) is 30.3 Å². The maximum Gasteiger partial charge on any atom is 0.237 e. The fraction of sp³-hybridized carbons (Fsp3) is 0.588. The topological polar surface area (TPSA) is 41.1 Å². The van der Waals surface area contributed by atoms with Crippen molar-refractivity contribution < 1.29 is 4.79 Å². The van der Waals surface area contributed by atoms with Crippen molar-refractivity contribution in [1.29, 1.82) is 0 Å². The molecule has 112 valence electrons. The summed E-state index contributed by atoms with van der Waals surface area (Å²) in [6, 6.07) is 10.5. The van der Waals surface area contributed by atoms with Gasteiger partial charge in [-0.25, -0.2) is 0 Å². The Balaban J connectivity index is 2.39. The van der Waals surface area contributed by atoms with Crippen molar-refractivity contribution in [1.82, 2.24) is 10.6 Å². The largest absolute Gasteiger partial charge is 0.352 e. The van der Waals surface area contributed by atoms with E-state index < -0.39 is 0 Å². The molecule has 0 saturated carbocycles. The van der Waals surface area contributed by atoms with Gasteiger partial charge in [-0.05, 0) is 31.2 Å². The van der Waals surface area contributed by atoms with Gasteiger partial charge in [-0.3, -0.25) is 4.79 Å². The van der Waals surface area contributed by atoms with Crippen molar-refractivity contribution in [2.75, 3.05) is 6.54 Å². The van der Waals surface area contributed by atoms with Crippen molar-refractivity contribution in [3.8, 4) is 0 Å². The highest BCUT2D eigenvalue weighted by molar-refractivity contribution is 5.81. The Morgan fingerprint density at radius 1 is 1.10 bits per heavy atom. The molecule has 2 atom stereocenters. The molecule has 0 aliphatic carbocycles. The van der Waals surface area contributed by atoms with Crippen LogP contribution in [0.5, 0.6) is 0 Å². The normalized spacial score (nSPS) is 14.1. The summed E-state index contributed by atoms with van der Waals surface area (Å²) < 4.78 is 0. The molecule has 3 nitrogen and oxygen atoms in total. The van der Waals surface area contributed by atoms with E-state index in [2.05, 4.69) is 55.7 Å². The fourth-order valence-corrected chi connectivity index (χ4v) is 2.16. The second kappa shape index (κ2) is 8.75. The van der Waals surface area contributed by atoms with Crippen LogP contribution in [0.25, 0.3) is 0 Å². The van der Waals surface area contributed by atoms with E-state index in [9.17, 15) is 4.79 Å². The second-order valence-electron chi connectivity index (χ2n) is 5.46. The molecule has 0 radical (unpaired) electrons. The molecule has 0 aromatic heterocycles. The van der Waals surface area contributed by atoms with Crippen LogP contribution < -0.4 is 10.6 Å². The molecule has 0 bridgehead atoms. The van der Waals surface area contributed by atoms with Crippen LogP contribution in [0.1, 0.15) is 52.0 Å². The van der Waals surface area contributed by atoms with Crippen LogP contribution in [-0.4, -0.2) is 24.5 Å². The first-order valence-electron chi connectivity index (χ1n) is 7.67. The maximum atomic E-state index is 12.0. The SMILES string of the molecule is CCC(CC)NC(=O)C(C)NCC(C)c1ccccc1. The van der Waals surface area contributed by atoms with Crippen molar-refractivity contribution in [3.05, 3.63) is 35.9 Å². The summed E-state index contributed by atoms with van der Waals surface area (Å²) in [5.41, 5.74) is 1.30. The summed E-state index contributed by atoms with van der Waals surface area (Å²) in [6.45, 7) is 9.11. The lowest BCUT2D eigenvalue weighted by molar-refractivity contribution is -0.123. The molecule has 1 aromatic carbocycles. The van der Waals surface area contributed by atoms with Crippen LogP contribution in [-0.2, 0) is 4.79 Å². The Labute approximate surface area is 123 Å². The molecule has 1 aromatic rings. The molecule has 20 heavy (non-hydrogen) atoms. The van der Waals surface area contributed by atoms with E-state index in [4.69, 9.17) is 0 Å². The summed E-state index contributed by atoms with van der Waals surface area (Å²) >= 11 is 0. The first kappa shape index (κ1) is 16.7. The van der Waals surface area contributed by atoms with Gasteiger partial charge in [-0.2, -0.15) is 0 Å². The van der Waals surface area contributed by atoms with Gasteiger partial charge in [-0.1, -0.05) is 51.1 Å². The number of carbonyl (C=O) groups is 1. The number of benzene rings is 1. The molecule has 0 fully saturated rings. The van der Waals surface area contributed by atoms with Crippen LogP contribution in [0.3, 0.4) is 0 Å². The van der Waals surface area contributed by atoms with E-state index in [1.54, 1.807) is 0 Å². The summed E-state index contributed by atoms with van der Waals surface area (Å²) in [5, 5.41) is 6.40. The van der Waals surface area contributed by atoms with Crippen molar-refractivity contribution >= 4 is 5.91 Å². The van der Waals surface area contributed by atoms with Gasteiger partial charge in [0.25, 0.3) is 0 Å². The predicted octanol–water partition coefficient (Wildman–Crippen LogP) is 3.07. The van der Waals surface area contributed by atoms with Gasteiger partial charge in [0.05, 0.1) is 6.04 Å². The Morgan fingerprint density at radius 3 is 2.25 bits per heavy atom. The van der Waals surface area contributed by atoms with Crippen LogP contribution in [0.4, 0.5) is 0 Å². The molecule has 3 heteroatoms. The van der Waals surface area contributed by atoms with Gasteiger partial charge in [0.2, 0.25) is 5.91 Å². The molecular formula is C17H28N2O. The lowest BCUT2D eigenvalue weighted by Crippen LogP contribution is -2.46. The predicted molar refractivity (Wildman–Crippen MR) is 84.8 cm³/mol. The molecule has 2 unspecified atom stereocenters. The van der Waals surface area contributed by atoms with Gasteiger partial charge < -0.3 is 10.6 Å². The fourth-order valence-electron chi connectivity index (χ4n) is 2.16. The van der Waals surface area contributed by atoms with Gasteiger partial charge >= 0.3 is 0 Å². The molecule has 0 heterocycles. The first-order chi connectivity index (χ1) is 9.58. The average Bonchev–Trinajstić information content (AvgIpc) is 2.50. The zero-order valence-electron chi connectivity index (χ0n) is 13.1. The molecule has 0 spiro atoms. The van der Waals surface area contributed by atoms with Crippen molar-refractivity contribution in [3.63, 3.8) is 0 Å². The van der Waals surface area contributed by atoms with Gasteiger partial charge in [0.1, 0.15) is 0 Å². The Hall–Kier alpha value is -1.35. The van der Waals surface area contributed by atoms with Crippen molar-refractivity contribution in [2.45, 2.75) is 58.5 Å². The van der Waals surface area contributed by atoms with Gasteiger partial charge in [0, 0.05) is 12.6 Å². The first-order valence-corrected chi connectivity index (χ1v) is 7.67. The zero-order valence-corrected chi connectivity index (χ0v) is 13.1. The molecule has 1 rings (SSSR count). The monoisotopic (exact) mass is 276 g/mol. The minimum atomic E-state index is -0.151. The summed E-state index contributed by atoms with van der Waals surface area (Å²) in [4.78, 5) is 12.0. The molecule has 0 aliphatic rings. The van der Waals surface area contributed by atoms with E-state index in [0.717, 1.165) is 19.4 Å². The molecule has 0 aliphatic heterocycles. The number of hydrogen-bond donors (Lipinski definition) is 2. The Kier molecular flexibility index (Phi) is 7.31. The Bertz CT molecular complexity index is 387. The smallest absolute Gasteiger partial charge is 0.237 e. The molecule has 0 saturated heterocycles. The Morgan fingerprint density at radius 2 is 1.70 bits per heavy atom. The van der Waals surface area contributed by atoms with Crippen LogP contribution in [0, 0.1) is 0 Å². The molecule has 2 N–H and O–H groups in total. The van der Waals surface area contributed by atoms with E-state index in [-0.39, 0.29) is 11.9 Å². The van der Waals surface area contributed by atoms with E-state index >= 15 is 0 Å². The van der Waals surface area contributed by atoms with E-state index in [1.165, 1.54) is 5.56 Å². The summed E-state index contributed by atoms with van der Waals surface area (Å²) in [7, 11) is 0. The highest BCUT2D eigenvalue weighted by Gasteiger charge is 2.16. The third-order valence-corrected chi connectivity index (χ3v) is 3.82. The third-order valence-electron chi connectivity index (χ3n) is 3.82. The zero-order chi connectivity index (χ0) is 15.0. The minimum absolute atomic E-state index is 0.0963. The lowest BCUT2D eigenvalue weighted by atomic mass is 10.0. The highest BCUT2D eigenvalue weighted by atomic mass is 16.2. The summed E-state index contributed by atoms with van der Waals surface area (Å²) in [6.07, 6.45) is 1.96. The van der Waals surface area contributed by atoms with Crippen molar-refractivity contribution in [2.24, 2.45) is 0 Å². The summed E-state index contributed by atoms with van der Waals surface area (Å²) in [5.74, 6) is 0.499. The number of nitrogens with one attached hydrogen (secondary N) is 2. The number of amides is 1. The molecule has 1 amide bonds. The van der Waals surface area contributed by atoms with E-state index in [1.807, 2.05) is 13.0 Å². The minimum Gasteiger partial charge on any atom is -0.352 e. The third kappa shape index (κ3) is 5.33. The number of carbonyl (C=O) groups excluding carboxylic acids is 1. The highest BCUT2D eigenvalue weighted by Crippen LogP contribution is 2.13. The van der Waals surface area contributed by atoms with Crippen LogP contribution in [0.2, 0.25) is 0 Å². The maximum absolute atomic E-state index is 12.0. The lowest BCUT2D eigenvalue weighted by Gasteiger charge is -2.21. The quantitative estimate of drug-likeness (QED) is 0.766. The second-order valence-corrected chi connectivity index (χ2v) is 5.46. The van der Waals surface area contributed by atoms with Gasteiger partial charge in [-0.15, -0.1) is 0 Å².